The van der Waals surface area contributed by atoms with E-state index >= 15 is 0 Å². The average Bonchev–Trinajstić information content (AvgIpc) is 2.46. The summed E-state index contributed by atoms with van der Waals surface area (Å²) in [5.74, 6) is -0.0291. The van der Waals surface area contributed by atoms with Crippen LogP contribution in [0.4, 0.5) is 0 Å². The SMILES string of the molecule is Cc1ccc(C(=O)N2CCCC(CC(C)(C)C(N)=O)C2)c(Cl)c1. The zero-order valence-corrected chi connectivity index (χ0v) is 14.8. The van der Waals surface area contributed by atoms with Crippen molar-refractivity contribution in [2.24, 2.45) is 17.1 Å². The standard InChI is InChI=1S/C18H25ClN2O2/c1-12-6-7-14(15(19)9-12)16(22)21-8-4-5-13(11-21)10-18(2,3)17(20)23/h6-7,9,13H,4-5,8,10-11H2,1-3H3,(H2,20,23). The maximum atomic E-state index is 12.7. The first-order chi connectivity index (χ1) is 10.7. The molecular formula is C18H25ClN2O2. The van der Waals surface area contributed by atoms with Crippen LogP contribution in [0.25, 0.3) is 0 Å². The zero-order chi connectivity index (χ0) is 17.2. The molecule has 0 aromatic heterocycles. The first-order valence-electron chi connectivity index (χ1n) is 8.06. The van der Waals surface area contributed by atoms with Crippen LogP contribution in [0.1, 0.15) is 49.0 Å². The van der Waals surface area contributed by atoms with Crippen LogP contribution in [0.5, 0.6) is 0 Å². The predicted molar refractivity (Wildman–Crippen MR) is 92.4 cm³/mol. The van der Waals surface area contributed by atoms with Gasteiger partial charge in [-0.3, -0.25) is 9.59 Å². The molecule has 1 aliphatic rings. The van der Waals surface area contributed by atoms with Crippen LogP contribution >= 0.6 is 11.6 Å². The molecule has 1 aromatic rings. The van der Waals surface area contributed by atoms with E-state index in [0.717, 1.165) is 24.9 Å². The molecule has 2 amide bonds. The van der Waals surface area contributed by atoms with Gasteiger partial charge >= 0.3 is 0 Å². The third-order valence-electron chi connectivity index (χ3n) is 4.63. The first-order valence-corrected chi connectivity index (χ1v) is 8.44. The summed E-state index contributed by atoms with van der Waals surface area (Å²) in [4.78, 5) is 26.1. The van der Waals surface area contributed by atoms with Gasteiger partial charge in [-0.1, -0.05) is 31.5 Å². The molecule has 1 unspecified atom stereocenters. The summed E-state index contributed by atoms with van der Waals surface area (Å²) in [5, 5.41) is 0.495. The van der Waals surface area contributed by atoms with Gasteiger partial charge in [0.25, 0.3) is 5.91 Å². The highest BCUT2D eigenvalue weighted by Crippen LogP contribution is 2.31. The maximum Gasteiger partial charge on any atom is 0.255 e. The molecule has 2 N–H and O–H groups in total. The first kappa shape index (κ1) is 17.8. The van der Waals surface area contributed by atoms with E-state index in [1.54, 1.807) is 6.07 Å². The number of piperidine rings is 1. The molecule has 1 atom stereocenters. The van der Waals surface area contributed by atoms with E-state index in [1.165, 1.54) is 0 Å². The second-order valence-corrected chi connectivity index (χ2v) is 7.60. The fourth-order valence-electron chi connectivity index (χ4n) is 3.20. The molecule has 5 heteroatoms. The molecule has 0 saturated carbocycles. The van der Waals surface area contributed by atoms with E-state index < -0.39 is 5.41 Å². The molecule has 1 aliphatic heterocycles. The Morgan fingerprint density at radius 1 is 1.39 bits per heavy atom. The third-order valence-corrected chi connectivity index (χ3v) is 4.94. The van der Waals surface area contributed by atoms with Crippen molar-refractivity contribution < 1.29 is 9.59 Å². The van der Waals surface area contributed by atoms with E-state index in [0.29, 0.717) is 29.5 Å². The van der Waals surface area contributed by atoms with Crippen molar-refractivity contribution in [3.8, 4) is 0 Å². The summed E-state index contributed by atoms with van der Waals surface area (Å²) >= 11 is 6.22. The van der Waals surface area contributed by atoms with Crippen LogP contribution in [-0.4, -0.2) is 29.8 Å². The van der Waals surface area contributed by atoms with Crippen molar-refractivity contribution in [3.63, 3.8) is 0 Å². The number of nitrogens with two attached hydrogens (primary N) is 1. The highest BCUT2D eigenvalue weighted by atomic mass is 35.5. The molecule has 1 saturated heterocycles. The minimum atomic E-state index is -0.543. The van der Waals surface area contributed by atoms with Gasteiger partial charge in [0.15, 0.2) is 0 Å². The second kappa shape index (κ2) is 6.91. The van der Waals surface area contributed by atoms with E-state index in [2.05, 4.69) is 0 Å². The van der Waals surface area contributed by atoms with Crippen LogP contribution in [0, 0.1) is 18.3 Å². The van der Waals surface area contributed by atoms with Gasteiger partial charge in [0.05, 0.1) is 10.6 Å². The van der Waals surface area contributed by atoms with E-state index in [-0.39, 0.29) is 11.8 Å². The minimum absolute atomic E-state index is 0.0309. The summed E-state index contributed by atoms with van der Waals surface area (Å²) in [7, 11) is 0. The second-order valence-electron chi connectivity index (χ2n) is 7.19. The number of amides is 2. The topological polar surface area (TPSA) is 63.4 Å². The molecular weight excluding hydrogens is 312 g/mol. The predicted octanol–water partition coefficient (Wildman–Crippen LogP) is 3.40. The van der Waals surface area contributed by atoms with Gasteiger partial charge in [0, 0.05) is 18.5 Å². The highest BCUT2D eigenvalue weighted by molar-refractivity contribution is 6.33. The Bertz CT molecular complexity index is 613. The molecule has 0 aliphatic carbocycles. The van der Waals surface area contributed by atoms with Crippen molar-refractivity contribution in [1.29, 1.82) is 0 Å². The van der Waals surface area contributed by atoms with Gasteiger partial charge < -0.3 is 10.6 Å². The third kappa shape index (κ3) is 4.25. The number of hydrogen-bond acceptors (Lipinski definition) is 2. The van der Waals surface area contributed by atoms with Gasteiger partial charge in [-0.2, -0.15) is 0 Å². The molecule has 0 radical (unpaired) electrons. The number of likely N-dealkylation sites (tertiary alicyclic amines) is 1. The molecule has 126 valence electrons. The van der Waals surface area contributed by atoms with Crippen LogP contribution in [0.2, 0.25) is 5.02 Å². The Kier molecular flexibility index (Phi) is 5.35. The smallest absolute Gasteiger partial charge is 0.255 e. The van der Waals surface area contributed by atoms with Gasteiger partial charge in [-0.25, -0.2) is 0 Å². The minimum Gasteiger partial charge on any atom is -0.369 e. The van der Waals surface area contributed by atoms with Crippen molar-refractivity contribution in [2.45, 2.75) is 40.0 Å². The molecule has 2 rings (SSSR count). The summed E-state index contributed by atoms with van der Waals surface area (Å²) < 4.78 is 0. The van der Waals surface area contributed by atoms with Gasteiger partial charge in [-0.15, -0.1) is 0 Å². The fraction of sp³-hybridized carbons (Fsp3) is 0.556. The van der Waals surface area contributed by atoms with E-state index in [4.69, 9.17) is 17.3 Å². The van der Waals surface area contributed by atoms with Crippen LogP contribution < -0.4 is 5.73 Å². The molecule has 1 heterocycles. The number of hydrogen-bond donors (Lipinski definition) is 1. The number of carbonyl (C=O) groups excluding carboxylic acids is 2. The van der Waals surface area contributed by atoms with Crippen LogP contribution in [0.3, 0.4) is 0 Å². The lowest BCUT2D eigenvalue weighted by Crippen LogP contribution is -2.43. The summed E-state index contributed by atoms with van der Waals surface area (Å²) in [6.45, 7) is 7.07. The van der Waals surface area contributed by atoms with Gasteiger partial charge in [-0.05, 0) is 49.8 Å². The number of nitrogens with zero attached hydrogens (tertiary/aromatic N) is 1. The quantitative estimate of drug-likeness (QED) is 0.915. The number of benzene rings is 1. The molecule has 0 bridgehead atoms. The zero-order valence-electron chi connectivity index (χ0n) is 14.1. The van der Waals surface area contributed by atoms with Crippen molar-refractivity contribution in [2.75, 3.05) is 13.1 Å². The normalized spacial score (nSPS) is 18.8. The Hall–Kier alpha value is -1.55. The molecule has 1 fully saturated rings. The largest absolute Gasteiger partial charge is 0.369 e. The Labute approximate surface area is 143 Å². The van der Waals surface area contributed by atoms with E-state index in [9.17, 15) is 9.59 Å². The Morgan fingerprint density at radius 2 is 2.09 bits per heavy atom. The average molecular weight is 337 g/mol. The lowest BCUT2D eigenvalue weighted by molar-refractivity contribution is -0.127. The van der Waals surface area contributed by atoms with Crippen molar-refractivity contribution >= 4 is 23.4 Å². The molecule has 0 spiro atoms. The van der Waals surface area contributed by atoms with Gasteiger partial charge in [0.2, 0.25) is 5.91 Å². The van der Waals surface area contributed by atoms with E-state index in [1.807, 2.05) is 37.8 Å². The Balaban J connectivity index is 2.08. The summed E-state index contributed by atoms with van der Waals surface area (Å²) in [6.07, 6.45) is 2.66. The van der Waals surface area contributed by atoms with Crippen molar-refractivity contribution in [1.82, 2.24) is 4.90 Å². The number of primary amides is 1. The lowest BCUT2D eigenvalue weighted by atomic mass is 9.79. The summed E-state index contributed by atoms with van der Waals surface area (Å²) in [5.41, 5.74) is 6.51. The van der Waals surface area contributed by atoms with Gasteiger partial charge in [0.1, 0.15) is 0 Å². The number of carbonyl (C=O) groups is 2. The molecule has 23 heavy (non-hydrogen) atoms. The molecule has 1 aromatic carbocycles. The van der Waals surface area contributed by atoms with Crippen molar-refractivity contribution in [3.05, 3.63) is 34.3 Å². The van der Waals surface area contributed by atoms with Crippen LogP contribution in [-0.2, 0) is 4.79 Å². The highest BCUT2D eigenvalue weighted by Gasteiger charge is 2.32. The molecule has 4 nitrogen and oxygen atoms in total. The maximum absolute atomic E-state index is 12.7. The number of aryl methyl sites for hydroxylation is 1. The van der Waals surface area contributed by atoms with Crippen LogP contribution in [0.15, 0.2) is 18.2 Å². The fourth-order valence-corrected chi connectivity index (χ4v) is 3.52. The Morgan fingerprint density at radius 3 is 2.70 bits per heavy atom. The number of halogens is 1. The monoisotopic (exact) mass is 336 g/mol. The summed E-state index contributed by atoms with van der Waals surface area (Å²) in [6, 6.07) is 5.50. The number of rotatable bonds is 4. The lowest BCUT2D eigenvalue weighted by Gasteiger charge is -2.36.